The lowest BCUT2D eigenvalue weighted by atomic mass is 10.2. The monoisotopic (exact) mass is 392 g/mol. The molecule has 2 aromatic rings. The molecule has 6 nitrogen and oxygen atoms in total. The van der Waals surface area contributed by atoms with Crippen LogP contribution in [-0.4, -0.2) is 35.1 Å². The number of benzene rings is 2. The number of para-hydroxylation sites is 2. The first-order valence-corrected chi connectivity index (χ1v) is 9.15. The minimum atomic E-state index is -0.440. The predicted octanol–water partition coefficient (Wildman–Crippen LogP) is 3.37. The highest BCUT2D eigenvalue weighted by atomic mass is 32.2. The average Bonchev–Trinajstić information content (AvgIpc) is 2.96. The topological polar surface area (TPSA) is 75.7 Å². The molecule has 0 atom stereocenters. The van der Waals surface area contributed by atoms with Gasteiger partial charge in [-0.3, -0.25) is 19.3 Å². The third kappa shape index (κ3) is 4.61. The molecule has 1 heterocycles. The van der Waals surface area contributed by atoms with E-state index in [-0.39, 0.29) is 24.0 Å². The van der Waals surface area contributed by atoms with Crippen LogP contribution in [0.5, 0.6) is 5.75 Å². The summed E-state index contributed by atoms with van der Waals surface area (Å²) in [6, 6.07) is 16.0. The largest absolute Gasteiger partial charge is 0.483 e. The molecule has 28 heavy (non-hydrogen) atoms. The average molecular weight is 392 g/mol. The number of nitrogens with one attached hydrogen (secondary N) is 1. The van der Waals surface area contributed by atoms with Gasteiger partial charge in [0, 0.05) is 11.3 Å². The second-order valence-corrected chi connectivity index (χ2v) is 6.71. The summed E-state index contributed by atoms with van der Waals surface area (Å²) in [5.74, 6) is 1.97. The highest BCUT2D eigenvalue weighted by Gasteiger charge is 2.34. The molecule has 1 N–H and O–H groups in total. The summed E-state index contributed by atoms with van der Waals surface area (Å²) in [5.41, 5.74) is 1.26. The minimum Gasteiger partial charge on any atom is -0.483 e. The molecule has 1 aliphatic rings. The number of imide groups is 1. The Bertz CT molecular complexity index is 979. The zero-order valence-electron chi connectivity index (χ0n) is 14.8. The van der Waals surface area contributed by atoms with Crippen LogP contribution in [0.3, 0.4) is 0 Å². The maximum absolute atomic E-state index is 12.3. The van der Waals surface area contributed by atoms with E-state index in [4.69, 9.17) is 11.2 Å². The molecule has 3 amide bonds. The number of amides is 3. The predicted molar refractivity (Wildman–Crippen MR) is 109 cm³/mol. The lowest BCUT2D eigenvalue weighted by Gasteiger charge is -2.10. The molecule has 7 heteroatoms. The van der Waals surface area contributed by atoms with E-state index in [9.17, 15) is 14.4 Å². The fourth-order valence-electron chi connectivity index (χ4n) is 2.46. The first-order valence-electron chi connectivity index (χ1n) is 8.34. The molecule has 3 rings (SSSR count). The SMILES string of the molecule is C#CCN1C(=O)S/C(=C/c2ccccc2OCC(=O)Nc2ccccc2)C1=O. The van der Waals surface area contributed by atoms with Gasteiger partial charge in [-0.1, -0.05) is 42.3 Å². The maximum atomic E-state index is 12.3. The Balaban J connectivity index is 1.70. The highest BCUT2D eigenvalue weighted by Crippen LogP contribution is 2.33. The smallest absolute Gasteiger partial charge is 0.294 e. The van der Waals surface area contributed by atoms with E-state index >= 15 is 0 Å². The Labute approximate surface area is 166 Å². The molecule has 140 valence electrons. The summed E-state index contributed by atoms with van der Waals surface area (Å²) in [6.45, 7) is -0.266. The Kier molecular flexibility index (Phi) is 6.14. The Morgan fingerprint density at radius 1 is 1.14 bits per heavy atom. The van der Waals surface area contributed by atoms with Crippen LogP contribution in [0.1, 0.15) is 5.56 Å². The fourth-order valence-corrected chi connectivity index (χ4v) is 3.29. The van der Waals surface area contributed by atoms with Gasteiger partial charge in [-0.2, -0.15) is 0 Å². The molecular weight excluding hydrogens is 376 g/mol. The number of anilines is 1. The number of ether oxygens (including phenoxy) is 1. The molecule has 1 fully saturated rings. The van der Waals surface area contributed by atoms with Gasteiger partial charge in [-0.25, -0.2) is 0 Å². The quantitative estimate of drug-likeness (QED) is 0.603. The number of hydrogen-bond donors (Lipinski definition) is 1. The highest BCUT2D eigenvalue weighted by molar-refractivity contribution is 8.18. The number of carbonyl (C=O) groups excluding carboxylic acids is 3. The lowest BCUT2D eigenvalue weighted by Crippen LogP contribution is -2.28. The standard InChI is InChI=1S/C21H16N2O4S/c1-2-12-23-20(25)18(28-21(23)26)13-15-8-6-7-11-17(15)27-14-19(24)22-16-9-4-3-5-10-16/h1,3-11,13H,12,14H2,(H,22,24)/b18-13+. The van der Waals surface area contributed by atoms with Crippen molar-refractivity contribution in [1.82, 2.24) is 4.90 Å². The van der Waals surface area contributed by atoms with Gasteiger partial charge >= 0.3 is 0 Å². The maximum Gasteiger partial charge on any atom is 0.294 e. The molecule has 0 spiro atoms. The zero-order chi connectivity index (χ0) is 19.9. The van der Waals surface area contributed by atoms with E-state index in [0.717, 1.165) is 16.7 Å². The Hall–Kier alpha value is -3.50. The normalized spacial score (nSPS) is 14.8. The van der Waals surface area contributed by atoms with Crippen LogP contribution in [0.4, 0.5) is 10.5 Å². The number of rotatable bonds is 6. The van der Waals surface area contributed by atoms with E-state index in [1.807, 2.05) is 18.2 Å². The van der Waals surface area contributed by atoms with Crippen molar-refractivity contribution < 1.29 is 19.1 Å². The van der Waals surface area contributed by atoms with Gasteiger partial charge in [0.1, 0.15) is 5.75 Å². The van der Waals surface area contributed by atoms with Crippen LogP contribution in [0.25, 0.3) is 6.08 Å². The molecule has 0 unspecified atom stereocenters. The number of nitrogens with zero attached hydrogens (tertiary/aromatic N) is 1. The summed E-state index contributed by atoms with van der Waals surface area (Å²) in [4.78, 5) is 37.5. The third-order valence-corrected chi connectivity index (χ3v) is 4.65. The van der Waals surface area contributed by atoms with Gasteiger partial charge in [-0.05, 0) is 36.0 Å². The first kappa shape index (κ1) is 19.3. The lowest BCUT2D eigenvalue weighted by molar-refractivity contribution is -0.122. The second-order valence-electron chi connectivity index (χ2n) is 5.71. The van der Waals surface area contributed by atoms with Crippen molar-refractivity contribution in [3.63, 3.8) is 0 Å². The van der Waals surface area contributed by atoms with E-state index in [2.05, 4.69) is 11.2 Å². The van der Waals surface area contributed by atoms with Crippen molar-refractivity contribution in [3.8, 4) is 18.1 Å². The van der Waals surface area contributed by atoms with Crippen LogP contribution in [0, 0.1) is 12.3 Å². The summed E-state index contributed by atoms with van der Waals surface area (Å²) in [5, 5.41) is 2.32. The first-order chi connectivity index (χ1) is 13.6. The summed E-state index contributed by atoms with van der Waals surface area (Å²) >= 11 is 0.820. The van der Waals surface area contributed by atoms with Crippen molar-refractivity contribution in [1.29, 1.82) is 0 Å². The summed E-state index contributed by atoms with van der Waals surface area (Å²) in [7, 11) is 0. The van der Waals surface area contributed by atoms with Crippen molar-refractivity contribution in [3.05, 3.63) is 65.1 Å². The third-order valence-electron chi connectivity index (χ3n) is 3.74. The van der Waals surface area contributed by atoms with Crippen LogP contribution < -0.4 is 10.1 Å². The van der Waals surface area contributed by atoms with Crippen molar-refractivity contribution in [2.45, 2.75) is 0 Å². The van der Waals surface area contributed by atoms with Gasteiger partial charge < -0.3 is 10.1 Å². The molecule has 1 saturated heterocycles. The molecule has 0 bridgehead atoms. The Morgan fingerprint density at radius 2 is 1.86 bits per heavy atom. The summed E-state index contributed by atoms with van der Waals surface area (Å²) < 4.78 is 5.61. The van der Waals surface area contributed by atoms with Gasteiger partial charge in [-0.15, -0.1) is 6.42 Å². The molecule has 0 aliphatic carbocycles. The zero-order valence-corrected chi connectivity index (χ0v) is 15.6. The molecule has 0 aromatic heterocycles. The number of carbonyl (C=O) groups is 3. The second kappa shape index (κ2) is 8.93. The number of hydrogen-bond acceptors (Lipinski definition) is 5. The van der Waals surface area contributed by atoms with Gasteiger partial charge in [0.05, 0.1) is 11.4 Å². The van der Waals surface area contributed by atoms with E-state index in [1.54, 1.807) is 42.5 Å². The molecule has 0 saturated carbocycles. The summed E-state index contributed by atoms with van der Waals surface area (Å²) in [6.07, 6.45) is 6.76. The molecule has 0 radical (unpaired) electrons. The van der Waals surface area contributed by atoms with Crippen LogP contribution in [0.2, 0.25) is 0 Å². The Morgan fingerprint density at radius 3 is 2.61 bits per heavy atom. The number of thioether (sulfide) groups is 1. The van der Waals surface area contributed by atoms with E-state index in [1.165, 1.54) is 0 Å². The van der Waals surface area contributed by atoms with Gasteiger partial charge in [0.2, 0.25) is 0 Å². The molecular formula is C21H16N2O4S. The van der Waals surface area contributed by atoms with Crippen LogP contribution in [0.15, 0.2) is 59.5 Å². The van der Waals surface area contributed by atoms with Crippen LogP contribution >= 0.6 is 11.8 Å². The van der Waals surface area contributed by atoms with Gasteiger partial charge in [0.25, 0.3) is 17.1 Å². The fraction of sp³-hybridized carbons (Fsp3) is 0.0952. The van der Waals surface area contributed by atoms with E-state index < -0.39 is 11.1 Å². The van der Waals surface area contributed by atoms with Crippen molar-refractivity contribution >= 4 is 40.6 Å². The number of terminal acetylenes is 1. The molecule has 1 aliphatic heterocycles. The minimum absolute atomic E-state index is 0.0696. The van der Waals surface area contributed by atoms with Crippen LogP contribution in [-0.2, 0) is 9.59 Å². The van der Waals surface area contributed by atoms with E-state index in [0.29, 0.717) is 17.0 Å². The van der Waals surface area contributed by atoms with Gasteiger partial charge in [0.15, 0.2) is 6.61 Å². The van der Waals surface area contributed by atoms with Crippen molar-refractivity contribution in [2.24, 2.45) is 0 Å². The molecule has 2 aromatic carbocycles. The van der Waals surface area contributed by atoms with Crippen molar-refractivity contribution in [2.75, 3.05) is 18.5 Å².